The topological polar surface area (TPSA) is 338 Å². The lowest BCUT2D eigenvalue weighted by molar-refractivity contribution is -0.320. The minimum absolute atomic E-state index is 0.0222. The smallest absolute Gasteiger partial charge is 0.186 e. The van der Waals surface area contributed by atoms with Gasteiger partial charge in [0.15, 0.2) is 18.4 Å². The summed E-state index contributed by atoms with van der Waals surface area (Å²) in [5, 5.41) is 76.4. The average Bonchev–Trinajstić information content (AvgIpc) is 3.00. The van der Waals surface area contributed by atoms with E-state index in [1.54, 1.807) is 0 Å². The largest absolute Gasteiger partial charge is 0.394 e. The van der Waals surface area contributed by atoms with Crippen molar-refractivity contribution in [1.29, 1.82) is 0 Å². The minimum atomic E-state index is -1.58. The van der Waals surface area contributed by atoms with Crippen LogP contribution in [0.4, 0.5) is 0 Å². The van der Waals surface area contributed by atoms with Crippen LogP contribution in [0.15, 0.2) is 0 Å². The normalized spacial score (nSPS) is 42.3. The molecule has 16 atom stereocenters. The number of hydrogen-bond acceptors (Lipinski definition) is 18. The van der Waals surface area contributed by atoms with Crippen molar-refractivity contribution in [2.24, 2.45) is 34.6 Å². The van der Waals surface area contributed by atoms with Crippen molar-refractivity contribution < 1.29 is 59.5 Å². The van der Waals surface area contributed by atoms with Gasteiger partial charge in [-0.2, -0.15) is 0 Å². The van der Waals surface area contributed by atoms with Crippen LogP contribution in [0.25, 0.3) is 0 Å². The predicted molar refractivity (Wildman–Crippen MR) is 157 cm³/mol. The van der Waals surface area contributed by atoms with E-state index in [4.69, 9.17) is 47.6 Å². The van der Waals surface area contributed by atoms with Gasteiger partial charge < -0.3 is 88.7 Å². The number of ketones is 1. The molecular weight excluding hydrogens is 600 g/mol. The van der Waals surface area contributed by atoms with Gasteiger partial charge in [-0.05, 0) is 44.7 Å². The van der Waals surface area contributed by atoms with E-state index in [0.717, 1.165) is 0 Å². The first-order valence-electron chi connectivity index (χ1n) is 15.5. The summed E-state index contributed by atoms with van der Waals surface area (Å²) in [6.07, 6.45) is -14.4. The van der Waals surface area contributed by atoms with Crippen molar-refractivity contribution in [1.82, 2.24) is 5.32 Å². The second-order valence-corrected chi connectivity index (χ2v) is 12.2. The molecule has 18 N–H and O–H groups in total. The van der Waals surface area contributed by atoms with Gasteiger partial charge in [-0.3, -0.25) is 4.79 Å². The number of nitrogens with two attached hydrogens (primary N) is 5. The highest BCUT2D eigenvalue weighted by molar-refractivity contribution is 5.83. The Balaban J connectivity index is 1.85. The first-order chi connectivity index (χ1) is 21.4. The molecule has 0 radical (unpaired) electrons. The Morgan fingerprint density at radius 3 is 2.13 bits per heavy atom. The van der Waals surface area contributed by atoms with E-state index >= 15 is 0 Å². The molecule has 0 amide bonds. The van der Waals surface area contributed by atoms with Crippen molar-refractivity contribution in [3.8, 4) is 0 Å². The Morgan fingerprint density at radius 2 is 1.51 bits per heavy atom. The van der Waals surface area contributed by atoms with Crippen molar-refractivity contribution in [2.45, 2.75) is 124 Å². The lowest BCUT2D eigenvalue weighted by Crippen LogP contribution is -2.66. The fourth-order valence-corrected chi connectivity index (χ4v) is 6.14. The highest BCUT2D eigenvalue weighted by atomic mass is 16.7. The number of carbonyl (C=O) groups excluding carboxylic acids is 1. The first kappa shape index (κ1) is 38.4. The number of ether oxygens (including phenoxy) is 4. The second kappa shape index (κ2) is 17.9. The van der Waals surface area contributed by atoms with Gasteiger partial charge in [0.25, 0.3) is 0 Å². The molecule has 3 aliphatic rings. The number of aliphatic hydroxyl groups excluding tert-OH is 7. The van der Waals surface area contributed by atoms with Crippen molar-refractivity contribution in [3.63, 3.8) is 0 Å². The number of Topliss-reactive ketones (excluding diaryl/α,β-unsaturated/α-hetero) is 1. The van der Waals surface area contributed by atoms with E-state index in [9.17, 15) is 40.5 Å². The standard InChI is InChI=1S/C27H54N6O12/c28-3-1-12(35)9-33-14-7-17(38)18(8-30)42-26(14)45-25-13(31)5-11(6-16(37)15(36)2-4-29)24(23(25)41)44-27-22(40)20(32)21(39)19(10-34)43-27/h11-15,17-27,33-36,38-41H,1-10,28-32H2/t11-,12?,13-,14+,15-,17-,18+,19+,20-,21+,22+,23+,24-,25+,26+,27+/m0/s1. The van der Waals surface area contributed by atoms with E-state index in [0.29, 0.717) is 6.42 Å². The molecular formula is C27H54N6O12. The van der Waals surface area contributed by atoms with E-state index < -0.39 is 110 Å². The maximum absolute atomic E-state index is 12.9. The van der Waals surface area contributed by atoms with Crippen molar-refractivity contribution >= 4 is 5.78 Å². The van der Waals surface area contributed by atoms with Gasteiger partial charge >= 0.3 is 0 Å². The molecule has 1 aliphatic carbocycles. The van der Waals surface area contributed by atoms with Gasteiger partial charge in [0, 0.05) is 25.6 Å². The number of rotatable bonds is 16. The molecule has 2 saturated heterocycles. The molecule has 2 aliphatic heterocycles. The summed E-state index contributed by atoms with van der Waals surface area (Å²) in [6, 6.07) is -2.81. The summed E-state index contributed by atoms with van der Waals surface area (Å²) in [5.41, 5.74) is 29.2. The van der Waals surface area contributed by atoms with Crippen molar-refractivity contribution in [2.75, 3.05) is 32.8 Å². The summed E-state index contributed by atoms with van der Waals surface area (Å²) in [4.78, 5) is 12.9. The van der Waals surface area contributed by atoms with Crippen LogP contribution in [-0.2, 0) is 23.7 Å². The Hall–Kier alpha value is -1.01. The third kappa shape index (κ3) is 9.77. The zero-order valence-electron chi connectivity index (χ0n) is 25.4. The van der Waals surface area contributed by atoms with Gasteiger partial charge in [-0.15, -0.1) is 0 Å². The summed E-state index contributed by atoms with van der Waals surface area (Å²) in [7, 11) is 0. The molecule has 45 heavy (non-hydrogen) atoms. The molecule has 0 aromatic heterocycles. The van der Waals surface area contributed by atoms with Gasteiger partial charge in [0.05, 0.1) is 43.1 Å². The molecule has 1 saturated carbocycles. The predicted octanol–water partition coefficient (Wildman–Crippen LogP) is -7.00. The van der Waals surface area contributed by atoms with Crippen LogP contribution >= 0.6 is 0 Å². The van der Waals surface area contributed by atoms with Gasteiger partial charge in [-0.1, -0.05) is 0 Å². The maximum atomic E-state index is 12.9. The molecule has 0 aromatic rings. The Bertz CT molecular complexity index is 897. The molecule has 264 valence electrons. The maximum Gasteiger partial charge on any atom is 0.186 e. The molecule has 3 rings (SSSR count). The van der Waals surface area contributed by atoms with Gasteiger partial charge in [-0.25, -0.2) is 0 Å². The summed E-state index contributed by atoms with van der Waals surface area (Å²) >= 11 is 0. The molecule has 0 aromatic carbocycles. The highest BCUT2D eigenvalue weighted by Crippen LogP contribution is 2.36. The Labute approximate surface area is 262 Å². The molecule has 0 bridgehead atoms. The van der Waals surface area contributed by atoms with Crippen LogP contribution in [0.2, 0.25) is 0 Å². The number of nitrogens with one attached hydrogen (secondary N) is 1. The van der Waals surface area contributed by atoms with E-state index in [2.05, 4.69) is 5.32 Å². The van der Waals surface area contributed by atoms with Crippen LogP contribution in [0, 0.1) is 5.92 Å². The van der Waals surface area contributed by atoms with E-state index in [1.807, 2.05) is 0 Å². The number of carbonyl (C=O) groups is 1. The fraction of sp³-hybridized carbons (Fsp3) is 0.963. The SMILES string of the molecule is NCCC(O)CN[C@@H]1C[C@H](O)[C@@H](CN)O[C@@H]1O[C@H]1[C@H](O)[C@@H](O[C@H]2O[C@H](CO)[C@@H](O)[C@H](N)[C@H]2O)[C@H](CC(=O)[C@@H](O)CCN)C[C@@H]1N. The zero-order valence-corrected chi connectivity index (χ0v) is 25.4. The Morgan fingerprint density at radius 1 is 0.867 bits per heavy atom. The first-order valence-corrected chi connectivity index (χ1v) is 15.5. The van der Waals surface area contributed by atoms with Gasteiger partial charge in [0.1, 0.15) is 36.6 Å². The van der Waals surface area contributed by atoms with Crippen LogP contribution < -0.4 is 34.0 Å². The summed E-state index contributed by atoms with van der Waals surface area (Å²) in [6.45, 7) is -0.223. The lowest BCUT2D eigenvalue weighted by Gasteiger charge is -2.49. The fourth-order valence-electron chi connectivity index (χ4n) is 6.14. The monoisotopic (exact) mass is 654 g/mol. The zero-order chi connectivity index (χ0) is 33.4. The van der Waals surface area contributed by atoms with Crippen LogP contribution in [0.1, 0.15) is 32.1 Å². The quantitative estimate of drug-likeness (QED) is 0.0735. The summed E-state index contributed by atoms with van der Waals surface area (Å²) in [5.74, 6) is -1.36. The average molecular weight is 655 g/mol. The number of hydrogen-bond donors (Lipinski definition) is 13. The van der Waals surface area contributed by atoms with E-state index in [-0.39, 0.29) is 51.9 Å². The second-order valence-electron chi connectivity index (χ2n) is 12.2. The molecule has 0 spiro atoms. The molecule has 1 unspecified atom stereocenters. The van der Waals surface area contributed by atoms with Crippen molar-refractivity contribution in [3.05, 3.63) is 0 Å². The Kier molecular flexibility index (Phi) is 15.3. The van der Waals surface area contributed by atoms with Crippen LogP contribution in [0.3, 0.4) is 0 Å². The third-order valence-electron chi connectivity index (χ3n) is 8.84. The molecule has 2 heterocycles. The third-order valence-corrected chi connectivity index (χ3v) is 8.84. The molecule has 3 fully saturated rings. The van der Waals surface area contributed by atoms with Crippen LogP contribution in [-0.4, -0.2) is 166 Å². The molecule has 18 nitrogen and oxygen atoms in total. The molecule has 18 heteroatoms. The number of aliphatic hydroxyl groups is 7. The van der Waals surface area contributed by atoms with Crippen LogP contribution in [0.5, 0.6) is 0 Å². The van der Waals surface area contributed by atoms with E-state index in [1.165, 1.54) is 0 Å². The summed E-state index contributed by atoms with van der Waals surface area (Å²) < 4.78 is 23.8. The highest BCUT2D eigenvalue weighted by Gasteiger charge is 2.51. The lowest BCUT2D eigenvalue weighted by atomic mass is 9.76. The minimum Gasteiger partial charge on any atom is -0.394 e. The van der Waals surface area contributed by atoms with Gasteiger partial charge in [0.2, 0.25) is 0 Å².